The van der Waals surface area contributed by atoms with Crippen LogP contribution in [0.2, 0.25) is 0 Å². The van der Waals surface area contributed by atoms with Gasteiger partial charge < -0.3 is 18.6 Å². The minimum Gasteiger partial charge on any atom is -0.497 e. The van der Waals surface area contributed by atoms with E-state index in [9.17, 15) is 9.59 Å². The Kier molecular flexibility index (Phi) is 6.42. The highest BCUT2D eigenvalue weighted by Crippen LogP contribution is 2.38. The smallest absolute Gasteiger partial charge is 0.313 e. The largest absolute Gasteiger partial charge is 0.497 e. The number of rotatable bonds is 6. The molecule has 0 spiro atoms. The van der Waals surface area contributed by atoms with E-state index in [4.69, 9.17) is 23.6 Å². The zero-order chi connectivity index (χ0) is 23.7. The molecule has 3 atom stereocenters. The summed E-state index contributed by atoms with van der Waals surface area (Å²) >= 11 is 1.26. The van der Waals surface area contributed by atoms with E-state index in [1.54, 1.807) is 50.0 Å². The fourth-order valence-electron chi connectivity index (χ4n) is 4.13. The molecule has 2 aromatic heterocycles. The number of benzene rings is 1. The summed E-state index contributed by atoms with van der Waals surface area (Å²) in [5, 5.41) is 0. The van der Waals surface area contributed by atoms with Crippen molar-refractivity contribution in [2.45, 2.75) is 32.9 Å². The Morgan fingerprint density at radius 3 is 2.67 bits per heavy atom. The number of carbonyl (C=O) groups excluding carboxylic acids is 1. The minimum atomic E-state index is -0.718. The third-order valence-corrected chi connectivity index (χ3v) is 6.63. The van der Waals surface area contributed by atoms with Crippen LogP contribution in [0.15, 0.2) is 44.5 Å². The van der Waals surface area contributed by atoms with Crippen LogP contribution in [0.3, 0.4) is 0 Å². The molecule has 0 aliphatic carbocycles. The van der Waals surface area contributed by atoms with E-state index in [1.807, 2.05) is 26.0 Å². The molecular weight excluding hydrogens is 444 g/mol. The van der Waals surface area contributed by atoms with Gasteiger partial charge in [0.2, 0.25) is 0 Å². The number of carbonyl (C=O) groups is 1. The van der Waals surface area contributed by atoms with Crippen LogP contribution in [-0.2, 0) is 9.53 Å². The molecule has 1 aromatic carbocycles. The number of furan rings is 1. The van der Waals surface area contributed by atoms with Crippen molar-refractivity contribution in [3.8, 4) is 11.5 Å². The Balaban J connectivity index is 1.99. The van der Waals surface area contributed by atoms with E-state index >= 15 is 0 Å². The molecule has 0 radical (unpaired) electrons. The van der Waals surface area contributed by atoms with Crippen molar-refractivity contribution in [1.29, 1.82) is 0 Å². The van der Waals surface area contributed by atoms with Crippen molar-refractivity contribution >= 4 is 23.4 Å². The molecule has 4 rings (SSSR count). The lowest BCUT2D eigenvalue weighted by Crippen LogP contribution is -2.48. The van der Waals surface area contributed by atoms with Crippen molar-refractivity contribution in [3.05, 3.63) is 67.1 Å². The molecule has 3 unspecified atom stereocenters. The Labute approximate surface area is 194 Å². The lowest BCUT2D eigenvalue weighted by atomic mass is 9.86. The molecule has 33 heavy (non-hydrogen) atoms. The van der Waals surface area contributed by atoms with Crippen LogP contribution in [0.1, 0.15) is 37.0 Å². The highest BCUT2D eigenvalue weighted by molar-refractivity contribution is 7.07. The van der Waals surface area contributed by atoms with Gasteiger partial charge in [-0.1, -0.05) is 11.3 Å². The number of nitrogens with zero attached hydrogens (tertiary/aromatic N) is 2. The first-order chi connectivity index (χ1) is 15.9. The summed E-state index contributed by atoms with van der Waals surface area (Å²) < 4.78 is 24.1. The molecule has 3 heterocycles. The van der Waals surface area contributed by atoms with Gasteiger partial charge in [0.1, 0.15) is 28.9 Å². The second kappa shape index (κ2) is 9.27. The number of thiazole rings is 1. The van der Waals surface area contributed by atoms with Crippen molar-refractivity contribution in [1.82, 2.24) is 4.57 Å². The molecule has 174 valence electrons. The molecule has 0 saturated carbocycles. The molecule has 9 heteroatoms. The van der Waals surface area contributed by atoms with Gasteiger partial charge in [-0.3, -0.25) is 19.1 Å². The molecular formula is C24H26N2O6S. The van der Waals surface area contributed by atoms with Gasteiger partial charge in [0.05, 0.1) is 37.4 Å². The molecule has 0 saturated heterocycles. The summed E-state index contributed by atoms with van der Waals surface area (Å²) in [5.74, 6) is 1.33. The van der Waals surface area contributed by atoms with Gasteiger partial charge >= 0.3 is 5.97 Å². The maximum absolute atomic E-state index is 13.6. The van der Waals surface area contributed by atoms with Gasteiger partial charge in [-0.2, -0.15) is 0 Å². The first-order valence-electron chi connectivity index (χ1n) is 10.6. The normalized spacial score (nSPS) is 20.2. The van der Waals surface area contributed by atoms with Gasteiger partial charge in [0, 0.05) is 11.6 Å². The zero-order valence-corrected chi connectivity index (χ0v) is 20.0. The number of hydrogen-bond acceptors (Lipinski definition) is 8. The second-order valence-corrected chi connectivity index (χ2v) is 8.73. The third kappa shape index (κ3) is 4.20. The van der Waals surface area contributed by atoms with Gasteiger partial charge in [-0.25, -0.2) is 0 Å². The predicted octanol–water partition coefficient (Wildman–Crippen LogP) is 2.45. The number of aryl methyl sites for hydroxylation is 1. The summed E-state index contributed by atoms with van der Waals surface area (Å²) in [4.78, 5) is 31.9. The quantitative estimate of drug-likeness (QED) is 0.514. The Morgan fingerprint density at radius 1 is 1.24 bits per heavy atom. The minimum absolute atomic E-state index is 0.228. The second-order valence-electron chi connectivity index (χ2n) is 7.72. The highest BCUT2D eigenvalue weighted by atomic mass is 32.1. The summed E-state index contributed by atoms with van der Waals surface area (Å²) in [6.07, 6.45) is 1.70. The molecule has 1 aliphatic heterocycles. The SMILES string of the molecule is CCOC(=O)C1C(C)N=c2sc(=Cc3ccc(C)o3)c(=O)n2C1c1cc(OC)ccc1OC. The number of ether oxygens (including phenoxy) is 3. The van der Waals surface area contributed by atoms with Gasteiger partial charge in [0.25, 0.3) is 5.56 Å². The number of hydrogen-bond donors (Lipinski definition) is 0. The van der Waals surface area contributed by atoms with Crippen molar-refractivity contribution in [3.63, 3.8) is 0 Å². The third-order valence-electron chi connectivity index (χ3n) is 5.64. The number of fused-ring (bicyclic) bond motifs is 1. The summed E-state index contributed by atoms with van der Waals surface area (Å²) in [5.41, 5.74) is 0.391. The predicted molar refractivity (Wildman–Crippen MR) is 124 cm³/mol. The lowest BCUT2D eigenvalue weighted by Gasteiger charge is -2.33. The molecule has 0 N–H and O–H groups in total. The number of methoxy groups -OCH3 is 2. The maximum Gasteiger partial charge on any atom is 0.313 e. The summed E-state index contributed by atoms with van der Waals surface area (Å²) in [7, 11) is 3.12. The standard InChI is InChI=1S/C24H26N2O6S/c1-6-31-23(28)20-14(3)25-24-26(21(20)17-11-15(29-4)9-10-18(17)30-5)22(27)19(33-24)12-16-8-7-13(2)32-16/h7-12,14,20-21H,6H2,1-5H3. The Hall–Kier alpha value is -3.33. The average Bonchev–Trinajstić information content (AvgIpc) is 3.34. The van der Waals surface area contributed by atoms with Crippen LogP contribution in [0.25, 0.3) is 6.08 Å². The van der Waals surface area contributed by atoms with Gasteiger partial charge in [-0.15, -0.1) is 0 Å². The average molecular weight is 471 g/mol. The lowest BCUT2D eigenvalue weighted by molar-refractivity contribution is -0.150. The monoisotopic (exact) mass is 470 g/mol. The first-order valence-corrected chi connectivity index (χ1v) is 11.5. The van der Waals surface area contributed by atoms with E-state index in [-0.39, 0.29) is 12.2 Å². The molecule has 0 fully saturated rings. The van der Waals surface area contributed by atoms with E-state index in [0.29, 0.717) is 32.2 Å². The van der Waals surface area contributed by atoms with Crippen LogP contribution in [-0.4, -0.2) is 37.4 Å². The van der Waals surface area contributed by atoms with E-state index in [1.165, 1.54) is 11.3 Å². The van der Waals surface area contributed by atoms with Gasteiger partial charge in [-0.05, 0) is 51.1 Å². The van der Waals surface area contributed by atoms with Crippen LogP contribution >= 0.6 is 11.3 Å². The highest BCUT2D eigenvalue weighted by Gasteiger charge is 2.42. The van der Waals surface area contributed by atoms with E-state index < -0.39 is 24.0 Å². The van der Waals surface area contributed by atoms with Crippen molar-refractivity contribution < 1.29 is 23.4 Å². The molecule has 8 nitrogen and oxygen atoms in total. The Morgan fingerprint density at radius 2 is 2.03 bits per heavy atom. The van der Waals surface area contributed by atoms with Crippen LogP contribution in [0.4, 0.5) is 0 Å². The van der Waals surface area contributed by atoms with Crippen molar-refractivity contribution in [2.24, 2.45) is 10.9 Å². The Bertz CT molecular complexity index is 1350. The summed E-state index contributed by atoms with van der Waals surface area (Å²) in [6.45, 7) is 5.68. The number of esters is 1. The molecule has 3 aromatic rings. The van der Waals surface area contributed by atoms with E-state index in [0.717, 1.165) is 5.76 Å². The van der Waals surface area contributed by atoms with E-state index in [2.05, 4.69) is 0 Å². The van der Waals surface area contributed by atoms with Crippen LogP contribution in [0, 0.1) is 12.8 Å². The van der Waals surface area contributed by atoms with Crippen LogP contribution in [0.5, 0.6) is 11.5 Å². The molecule has 0 amide bonds. The fraction of sp³-hybridized carbons (Fsp3) is 0.375. The number of aromatic nitrogens is 1. The fourth-order valence-corrected chi connectivity index (χ4v) is 5.20. The molecule has 1 aliphatic rings. The summed E-state index contributed by atoms with van der Waals surface area (Å²) in [6, 6.07) is 7.88. The van der Waals surface area contributed by atoms with Crippen LogP contribution < -0.4 is 24.4 Å². The topological polar surface area (TPSA) is 92.3 Å². The molecule has 0 bridgehead atoms. The zero-order valence-electron chi connectivity index (χ0n) is 19.2. The van der Waals surface area contributed by atoms with Gasteiger partial charge in [0.15, 0.2) is 4.80 Å². The maximum atomic E-state index is 13.6. The first kappa shape index (κ1) is 22.8. The van der Waals surface area contributed by atoms with Crippen molar-refractivity contribution in [2.75, 3.05) is 20.8 Å².